The first-order valence-electron chi connectivity index (χ1n) is 7.38. The van der Waals surface area contributed by atoms with Crippen LogP contribution < -0.4 is 11.1 Å². The Morgan fingerprint density at radius 3 is 2.50 bits per heavy atom. The summed E-state index contributed by atoms with van der Waals surface area (Å²) in [6, 6.07) is 3.20. The molecule has 1 aliphatic carbocycles. The van der Waals surface area contributed by atoms with E-state index in [0.717, 1.165) is 44.1 Å². The highest BCUT2D eigenvalue weighted by Gasteiger charge is 2.32. The number of nitrogens with two attached hydrogens (primary N) is 1. The predicted octanol–water partition coefficient (Wildman–Crippen LogP) is 2.70. The SMILES string of the molecule is Cl.Cl.Nc1c(F)ccc([C@H](CC2CC2)N2CCNCC2)c1O. The van der Waals surface area contributed by atoms with Gasteiger partial charge in [0, 0.05) is 37.8 Å². The van der Waals surface area contributed by atoms with E-state index in [1.165, 1.54) is 18.9 Å². The third-order valence-electron chi connectivity index (χ3n) is 4.40. The van der Waals surface area contributed by atoms with Crippen LogP contribution in [0.3, 0.4) is 0 Å². The van der Waals surface area contributed by atoms with Gasteiger partial charge in [-0.2, -0.15) is 0 Å². The molecule has 1 heterocycles. The summed E-state index contributed by atoms with van der Waals surface area (Å²) in [4.78, 5) is 2.38. The lowest BCUT2D eigenvalue weighted by atomic mass is 9.97. The summed E-state index contributed by atoms with van der Waals surface area (Å²) in [7, 11) is 0. The number of anilines is 1. The van der Waals surface area contributed by atoms with Crippen molar-refractivity contribution < 1.29 is 9.50 Å². The molecule has 0 aromatic heterocycles. The fourth-order valence-corrected chi connectivity index (χ4v) is 3.00. The Kier molecular flexibility index (Phi) is 7.19. The molecule has 22 heavy (non-hydrogen) atoms. The van der Waals surface area contributed by atoms with Gasteiger partial charge >= 0.3 is 0 Å². The lowest BCUT2D eigenvalue weighted by molar-refractivity contribution is 0.158. The molecule has 126 valence electrons. The largest absolute Gasteiger partial charge is 0.505 e. The zero-order chi connectivity index (χ0) is 14.1. The number of piperazine rings is 1. The van der Waals surface area contributed by atoms with Gasteiger partial charge in [-0.05, 0) is 18.4 Å². The summed E-state index contributed by atoms with van der Waals surface area (Å²) in [6.45, 7) is 3.82. The quantitative estimate of drug-likeness (QED) is 0.576. The standard InChI is InChI=1S/C15H22FN3O.2ClH/c16-12-4-3-11(15(20)14(12)17)13(9-10-1-2-10)19-7-5-18-6-8-19;;/h3-4,10,13,18,20H,1-2,5-9,17H2;2*1H/t13-;;/m0../s1. The number of nitrogen functional groups attached to an aromatic ring is 1. The number of nitrogens with zero attached hydrogens (tertiary/aromatic N) is 1. The summed E-state index contributed by atoms with van der Waals surface area (Å²) < 4.78 is 13.4. The van der Waals surface area contributed by atoms with Gasteiger partial charge in [0.05, 0.1) is 0 Å². The number of nitrogens with one attached hydrogen (secondary N) is 1. The molecule has 3 rings (SSSR count). The minimum absolute atomic E-state index is 0. The molecule has 1 aromatic rings. The van der Waals surface area contributed by atoms with E-state index in [2.05, 4.69) is 10.2 Å². The van der Waals surface area contributed by atoms with Crippen molar-refractivity contribution >= 4 is 30.5 Å². The number of phenols is 1. The van der Waals surface area contributed by atoms with Gasteiger partial charge in [-0.1, -0.05) is 18.9 Å². The summed E-state index contributed by atoms with van der Waals surface area (Å²) >= 11 is 0. The van der Waals surface area contributed by atoms with Gasteiger partial charge in [0.15, 0.2) is 0 Å². The van der Waals surface area contributed by atoms with Crippen LogP contribution >= 0.6 is 24.8 Å². The number of aromatic hydroxyl groups is 1. The molecule has 0 unspecified atom stereocenters. The van der Waals surface area contributed by atoms with Gasteiger partial charge in [0.1, 0.15) is 17.3 Å². The molecule has 7 heteroatoms. The number of hydrogen-bond donors (Lipinski definition) is 3. The van der Waals surface area contributed by atoms with E-state index in [1.807, 2.05) is 0 Å². The van der Waals surface area contributed by atoms with Gasteiger partial charge in [-0.15, -0.1) is 24.8 Å². The van der Waals surface area contributed by atoms with Crippen molar-refractivity contribution in [2.45, 2.75) is 25.3 Å². The molecule has 2 aliphatic rings. The average molecular weight is 352 g/mol. The van der Waals surface area contributed by atoms with Crippen LogP contribution in [-0.4, -0.2) is 36.2 Å². The highest BCUT2D eigenvalue weighted by molar-refractivity contribution is 5.85. The number of hydrogen-bond acceptors (Lipinski definition) is 4. The minimum Gasteiger partial charge on any atom is -0.505 e. The zero-order valence-electron chi connectivity index (χ0n) is 12.4. The molecule has 0 spiro atoms. The molecule has 0 radical (unpaired) electrons. The second kappa shape index (κ2) is 8.20. The first-order valence-corrected chi connectivity index (χ1v) is 7.38. The van der Waals surface area contributed by atoms with E-state index < -0.39 is 5.82 Å². The molecule has 0 amide bonds. The van der Waals surface area contributed by atoms with E-state index in [-0.39, 0.29) is 42.3 Å². The Hall–Kier alpha value is -0.750. The maximum absolute atomic E-state index is 13.4. The molecule has 2 fully saturated rings. The normalized spacial score (nSPS) is 19.9. The highest BCUT2D eigenvalue weighted by Crippen LogP contribution is 2.43. The number of benzene rings is 1. The van der Waals surface area contributed by atoms with Crippen LogP contribution in [0.25, 0.3) is 0 Å². The lowest BCUT2D eigenvalue weighted by Crippen LogP contribution is -2.45. The molecule has 1 aromatic carbocycles. The van der Waals surface area contributed by atoms with Crippen LogP contribution in [0.4, 0.5) is 10.1 Å². The van der Waals surface area contributed by atoms with E-state index in [4.69, 9.17) is 5.73 Å². The van der Waals surface area contributed by atoms with Gasteiger partial charge in [0.25, 0.3) is 0 Å². The molecular formula is C15H24Cl2FN3O. The van der Waals surface area contributed by atoms with Gasteiger partial charge in [0.2, 0.25) is 0 Å². The molecule has 1 saturated carbocycles. The number of halogens is 3. The summed E-state index contributed by atoms with van der Waals surface area (Å²) in [5, 5.41) is 13.5. The predicted molar refractivity (Wildman–Crippen MR) is 91.5 cm³/mol. The first-order chi connectivity index (χ1) is 9.66. The fraction of sp³-hybridized carbons (Fsp3) is 0.600. The van der Waals surface area contributed by atoms with E-state index in [0.29, 0.717) is 0 Å². The highest BCUT2D eigenvalue weighted by atomic mass is 35.5. The van der Waals surface area contributed by atoms with Crippen molar-refractivity contribution in [3.05, 3.63) is 23.5 Å². The molecule has 4 nitrogen and oxygen atoms in total. The van der Waals surface area contributed by atoms with Crippen LogP contribution in [0.5, 0.6) is 5.75 Å². The fourth-order valence-electron chi connectivity index (χ4n) is 3.00. The van der Waals surface area contributed by atoms with Crippen LogP contribution in [0.1, 0.15) is 30.9 Å². The molecule has 0 bridgehead atoms. The van der Waals surface area contributed by atoms with Gasteiger partial charge in [-0.3, -0.25) is 4.90 Å². The second-order valence-corrected chi connectivity index (χ2v) is 5.88. The minimum atomic E-state index is -0.545. The number of phenolic OH excluding ortho intramolecular Hbond substituents is 1. The lowest BCUT2D eigenvalue weighted by Gasteiger charge is -2.35. The van der Waals surface area contributed by atoms with E-state index in [9.17, 15) is 9.50 Å². The van der Waals surface area contributed by atoms with E-state index in [1.54, 1.807) is 6.07 Å². The van der Waals surface area contributed by atoms with Crippen molar-refractivity contribution in [3.8, 4) is 5.75 Å². The van der Waals surface area contributed by atoms with Gasteiger partial charge in [-0.25, -0.2) is 4.39 Å². The number of rotatable bonds is 4. The summed E-state index contributed by atoms with van der Waals surface area (Å²) in [6.07, 6.45) is 3.55. The Morgan fingerprint density at radius 1 is 1.27 bits per heavy atom. The van der Waals surface area contributed by atoms with Crippen LogP contribution in [0, 0.1) is 11.7 Å². The Morgan fingerprint density at radius 2 is 1.91 bits per heavy atom. The first kappa shape index (κ1) is 19.3. The summed E-state index contributed by atoms with van der Waals surface area (Å²) in [5.74, 6) is 0.117. The topological polar surface area (TPSA) is 61.5 Å². The monoisotopic (exact) mass is 351 g/mol. The van der Waals surface area contributed by atoms with Crippen molar-refractivity contribution in [3.63, 3.8) is 0 Å². The average Bonchev–Trinajstić information content (AvgIpc) is 3.28. The maximum Gasteiger partial charge on any atom is 0.149 e. The molecular weight excluding hydrogens is 328 g/mol. The maximum atomic E-state index is 13.4. The molecule has 1 saturated heterocycles. The summed E-state index contributed by atoms with van der Waals surface area (Å²) in [5.41, 5.74) is 6.29. The Bertz CT molecular complexity index is 494. The van der Waals surface area contributed by atoms with Crippen LogP contribution in [-0.2, 0) is 0 Å². The smallest absolute Gasteiger partial charge is 0.149 e. The molecule has 4 N–H and O–H groups in total. The third kappa shape index (κ3) is 4.16. The van der Waals surface area contributed by atoms with Crippen molar-refractivity contribution in [2.24, 2.45) is 5.92 Å². The van der Waals surface area contributed by atoms with Crippen molar-refractivity contribution in [1.29, 1.82) is 0 Å². The van der Waals surface area contributed by atoms with E-state index >= 15 is 0 Å². The molecule has 1 aliphatic heterocycles. The Balaban J connectivity index is 0.00000121. The van der Waals surface area contributed by atoms with Crippen molar-refractivity contribution in [1.82, 2.24) is 10.2 Å². The van der Waals surface area contributed by atoms with Crippen LogP contribution in [0.15, 0.2) is 12.1 Å². The molecule has 1 atom stereocenters. The van der Waals surface area contributed by atoms with Gasteiger partial charge < -0.3 is 16.2 Å². The third-order valence-corrected chi connectivity index (χ3v) is 4.40. The van der Waals surface area contributed by atoms with Crippen LogP contribution in [0.2, 0.25) is 0 Å². The van der Waals surface area contributed by atoms with Crippen molar-refractivity contribution in [2.75, 3.05) is 31.9 Å². The Labute approximate surface area is 143 Å². The second-order valence-electron chi connectivity index (χ2n) is 5.88. The zero-order valence-corrected chi connectivity index (χ0v) is 14.1.